The number of anilines is 1. The smallest absolute Gasteiger partial charge is 0.152 e. The van der Waals surface area contributed by atoms with Gasteiger partial charge >= 0.3 is 0 Å². The largest absolute Gasteiger partial charge is 0.370 e. The second-order valence-corrected chi connectivity index (χ2v) is 7.42. The summed E-state index contributed by atoms with van der Waals surface area (Å²) in [6.45, 7) is 2.03. The van der Waals surface area contributed by atoms with Gasteiger partial charge in [0.1, 0.15) is 0 Å². The Bertz CT molecular complexity index is 542. The summed E-state index contributed by atoms with van der Waals surface area (Å²) in [7, 11) is -0.870. The highest BCUT2D eigenvalue weighted by atomic mass is 35.5. The lowest BCUT2D eigenvalue weighted by molar-refractivity contribution is 0.601. The third-order valence-corrected chi connectivity index (χ3v) is 5.61. The van der Waals surface area contributed by atoms with Gasteiger partial charge < -0.3 is 4.90 Å². The van der Waals surface area contributed by atoms with Gasteiger partial charge in [0.25, 0.3) is 0 Å². The summed E-state index contributed by atoms with van der Waals surface area (Å²) < 4.78 is 23.0. The van der Waals surface area contributed by atoms with Gasteiger partial charge in [-0.25, -0.2) is 8.42 Å². The summed E-state index contributed by atoms with van der Waals surface area (Å²) in [5, 5.41) is 0. The van der Waals surface area contributed by atoms with Crippen LogP contribution in [0.5, 0.6) is 0 Å². The molecule has 3 nitrogen and oxygen atoms in total. The van der Waals surface area contributed by atoms with Crippen molar-refractivity contribution >= 4 is 27.1 Å². The third-order valence-electron chi connectivity index (χ3n) is 3.55. The lowest BCUT2D eigenvalue weighted by atomic mass is 10.1. The summed E-state index contributed by atoms with van der Waals surface area (Å²) in [4.78, 5) is 2.08. The van der Waals surface area contributed by atoms with Crippen molar-refractivity contribution in [2.24, 2.45) is 0 Å². The topological polar surface area (TPSA) is 37.4 Å². The van der Waals surface area contributed by atoms with E-state index in [-0.39, 0.29) is 11.8 Å². The number of halogens is 1. The van der Waals surface area contributed by atoms with Crippen molar-refractivity contribution in [3.8, 4) is 0 Å². The molecule has 2 rings (SSSR count). The molecule has 1 aliphatic heterocycles. The molecule has 5 heteroatoms. The summed E-state index contributed by atoms with van der Waals surface area (Å²) in [5.74, 6) is 1.07. The maximum absolute atomic E-state index is 11.5. The molecule has 0 radical (unpaired) electrons. The maximum Gasteiger partial charge on any atom is 0.152 e. The molecule has 1 aliphatic rings. The second kappa shape index (κ2) is 5.10. The van der Waals surface area contributed by atoms with Crippen molar-refractivity contribution in [3.05, 3.63) is 29.3 Å². The van der Waals surface area contributed by atoms with Crippen molar-refractivity contribution in [1.29, 1.82) is 0 Å². The minimum absolute atomic E-state index is 0.0931. The van der Waals surface area contributed by atoms with Crippen molar-refractivity contribution in [2.45, 2.75) is 25.3 Å². The van der Waals surface area contributed by atoms with E-state index in [1.807, 2.05) is 26.1 Å². The van der Waals surface area contributed by atoms with Gasteiger partial charge in [0.05, 0.1) is 11.5 Å². The summed E-state index contributed by atoms with van der Waals surface area (Å²) in [6.07, 6.45) is 0.718. The molecule has 1 saturated heterocycles. The first-order valence-corrected chi connectivity index (χ1v) is 8.37. The molecule has 0 saturated carbocycles. The molecule has 0 bridgehead atoms. The first-order chi connectivity index (χ1) is 8.43. The van der Waals surface area contributed by atoms with Crippen LogP contribution in [0.1, 0.15) is 17.5 Å². The predicted octanol–water partition coefficient (Wildman–Crippen LogP) is 2.36. The molecule has 0 aromatic heterocycles. The second-order valence-electron chi connectivity index (χ2n) is 4.92. The van der Waals surface area contributed by atoms with E-state index in [1.54, 1.807) is 0 Å². The average Bonchev–Trinajstić information content (AvgIpc) is 2.68. The van der Waals surface area contributed by atoms with Crippen LogP contribution in [0, 0.1) is 6.92 Å². The Morgan fingerprint density at radius 2 is 2.17 bits per heavy atom. The quantitative estimate of drug-likeness (QED) is 0.801. The highest BCUT2D eigenvalue weighted by molar-refractivity contribution is 7.91. The fourth-order valence-corrected chi connectivity index (χ4v) is 4.41. The lowest BCUT2D eigenvalue weighted by Crippen LogP contribution is -2.33. The number of nitrogens with zero attached hydrogens (tertiary/aromatic N) is 1. The van der Waals surface area contributed by atoms with E-state index >= 15 is 0 Å². The zero-order valence-corrected chi connectivity index (χ0v) is 12.3. The van der Waals surface area contributed by atoms with E-state index < -0.39 is 9.84 Å². The lowest BCUT2D eigenvalue weighted by Gasteiger charge is -2.27. The van der Waals surface area contributed by atoms with Crippen LogP contribution in [0.4, 0.5) is 5.69 Å². The monoisotopic (exact) mass is 287 g/mol. The van der Waals surface area contributed by atoms with E-state index in [1.165, 1.54) is 0 Å². The molecular formula is C13H18ClNO2S. The number of hydrogen-bond acceptors (Lipinski definition) is 3. The first kappa shape index (κ1) is 13.7. The highest BCUT2D eigenvalue weighted by Crippen LogP contribution is 2.26. The standard InChI is InChI=1S/C13H18ClNO2S/c1-10-7-11(8-14)3-4-13(10)15(2)12-5-6-18(16,17)9-12/h3-4,7,12H,5-6,8-9H2,1-2H3. The molecule has 0 aliphatic carbocycles. The normalized spacial score (nSPS) is 22.1. The van der Waals surface area contributed by atoms with Crippen LogP contribution >= 0.6 is 11.6 Å². The van der Waals surface area contributed by atoms with Gasteiger partial charge in [-0.3, -0.25) is 0 Å². The van der Waals surface area contributed by atoms with Crippen molar-refractivity contribution in [2.75, 3.05) is 23.5 Å². The first-order valence-electron chi connectivity index (χ1n) is 6.02. The van der Waals surface area contributed by atoms with E-state index in [2.05, 4.69) is 11.0 Å². The Kier molecular flexibility index (Phi) is 3.87. The van der Waals surface area contributed by atoms with E-state index in [9.17, 15) is 8.42 Å². The Labute approximate surface area is 114 Å². The van der Waals surface area contributed by atoms with Gasteiger partial charge in [-0.05, 0) is 30.5 Å². The van der Waals surface area contributed by atoms with Crippen LogP contribution in [-0.2, 0) is 15.7 Å². The predicted molar refractivity (Wildman–Crippen MR) is 76.2 cm³/mol. The van der Waals surface area contributed by atoms with Crippen molar-refractivity contribution in [3.63, 3.8) is 0 Å². The molecule has 1 aromatic rings. The van der Waals surface area contributed by atoms with Crippen molar-refractivity contribution < 1.29 is 8.42 Å². The summed E-state index contributed by atoms with van der Waals surface area (Å²) in [6, 6.07) is 6.17. The molecule has 0 spiro atoms. The Balaban J connectivity index is 2.21. The van der Waals surface area contributed by atoms with Crippen LogP contribution in [0.3, 0.4) is 0 Å². The van der Waals surface area contributed by atoms with Crippen LogP contribution in [0.25, 0.3) is 0 Å². The molecular weight excluding hydrogens is 270 g/mol. The zero-order valence-electron chi connectivity index (χ0n) is 10.7. The number of aryl methyl sites for hydroxylation is 1. The number of alkyl halides is 1. The maximum atomic E-state index is 11.5. The highest BCUT2D eigenvalue weighted by Gasteiger charge is 2.31. The van der Waals surface area contributed by atoms with Gasteiger partial charge in [0, 0.05) is 24.7 Å². The third kappa shape index (κ3) is 2.81. The average molecular weight is 288 g/mol. The summed E-state index contributed by atoms with van der Waals surface area (Å²) in [5.41, 5.74) is 3.32. The zero-order chi connectivity index (χ0) is 13.3. The van der Waals surface area contributed by atoms with Gasteiger partial charge in [-0.15, -0.1) is 11.6 Å². The summed E-state index contributed by atoms with van der Waals surface area (Å²) >= 11 is 5.80. The minimum Gasteiger partial charge on any atom is -0.370 e. The molecule has 0 amide bonds. The Hall–Kier alpha value is -0.740. The number of benzene rings is 1. The fraction of sp³-hybridized carbons (Fsp3) is 0.538. The molecule has 0 N–H and O–H groups in total. The SMILES string of the molecule is Cc1cc(CCl)ccc1N(C)C1CCS(=O)(=O)C1. The van der Waals surface area contributed by atoms with Gasteiger partial charge in [0.2, 0.25) is 0 Å². The minimum atomic E-state index is -2.84. The molecule has 1 aromatic carbocycles. The molecule has 100 valence electrons. The van der Waals surface area contributed by atoms with Crippen molar-refractivity contribution in [1.82, 2.24) is 0 Å². The van der Waals surface area contributed by atoms with Crippen LogP contribution in [0.15, 0.2) is 18.2 Å². The van der Waals surface area contributed by atoms with Crippen LogP contribution in [-0.4, -0.2) is 33.0 Å². The van der Waals surface area contributed by atoms with E-state index in [0.29, 0.717) is 11.6 Å². The molecule has 1 heterocycles. The Morgan fingerprint density at radius 1 is 1.44 bits per heavy atom. The number of hydrogen-bond donors (Lipinski definition) is 0. The molecule has 1 fully saturated rings. The van der Waals surface area contributed by atoms with E-state index in [0.717, 1.165) is 23.2 Å². The number of sulfone groups is 1. The molecule has 1 unspecified atom stereocenters. The van der Waals surface area contributed by atoms with Crippen LogP contribution < -0.4 is 4.90 Å². The van der Waals surface area contributed by atoms with Crippen LogP contribution in [0.2, 0.25) is 0 Å². The van der Waals surface area contributed by atoms with Gasteiger partial charge in [-0.1, -0.05) is 12.1 Å². The van der Waals surface area contributed by atoms with E-state index in [4.69, 9.17) is 11.6 Å². The fourth-order valence-electron chi connectivity index (χ4n) is 2.47. The van der Waals surface area contributed by atoms with Gasteiger partial charge in [-0.2, -0.15) is 0 Å². The molecule has 18 heavy (non-hydrogen) atoms. The number of rotatable bonds is 3. The Morgan fingerprint density at radius 3 is 2.67 bits per heavy atom. The van der Waals surface area contributed by atoms with Gasteiger partial charge in [0.15, 0.2) is 9.84 Å². The molecule has 1 atom stereocenters.